The highest BCUT2D eigenvalue weighted by molar-refractivity contribution is 6.01. The average molecular weight is 638 g/mol. The number of ether oxygens (including phenoxy) is 1. The molecule has 1 unspecified atom stereocenters. The van der Waals surface area contributed by atoms with Crippen LogP contribution in [0.1, 0.15) is 99.0 Å². The van der Waals surface area contributed by atoms with Crippen LogP contribution in [0.25, 0.3) is 11.0 Å². The fourth-order valence-corrected chi connectivity index (χ4v) is 6.70. The second-order valence-electron chi connectivity index (χ2n) is 12.4. The highest BCUT2D eigenvalue weighted by Crippen LogP contribution is 2.33. The number of fused-ring (bicyclic) bond motifs is 2. The summed E-state index contributed by atoms with van der Waals surface area (Å²) < 4.78 is 26.9. The van der Waals surface area contributed by atoms with Gasteiger partial charge in [-0.25, -0.2) is 14.2 Å². The van der Waals surface area contributed by atoms with Crippen LogP contribution in [0.5, 0.6) is 0 Å². The van der Waals surface area contributed by atoms with Crippen molar-refractivity contribution < 1.29 is 32.9 Å². The number of unbranched alkanes of at least 4 members (excludes halogenated alkanes) is 2. The van der Waals surface area contributed by atoms with E-state index in [0.717, 1.165) is 74.1 Å². The Morgan fingerprint density at radius 2 is 1.83 bits per heavy atom. The third-order valence-corrected chi connectivity index (χ3v) is 9.29. The van der Waals surface area contributed by atoms with Gasteiger partial charge in [-0.1, -0.05) is 11.6 Å². The summed E-state index contributed by atoms with van der Waals surface area (Å²) in [5.74, 6) is -0.951. The molecule has 1 atom stereocenters. The van der Waals surface area contributed by atoms with E-state index >= 15 is 0 Å². The topological polar surface area (TPSA) is 137 Å². The largest absolute Gasteiger partial charge is 0.370 e. The minimum Gasteiger partial charge on any atom is -0.370 e. The summed E-state index contributed by atoms with van der Waals surface area (Å²) in [5.41, 5.74) is 2.89. The number of halogens is 1. The van der Waals surface area contributed by atoms with Gasteiger partial charge in [0, 0.05) is 67.6 Å². The zero-order valence-electron chi connectivity index (χ0n) is 26.2. The zero-order chi connectivity index (χ0) is 32.2. The van der Waals surface area contributed by atoms with Crippen LogP contribution in [0.15, 0.2) is 27.5 Å². The molecular formula is C33H40FN5O7. The lowest BCUT2D eigenvalue weighted by atomic mass is 9.91. The quantitative estimate of drug-likeness (QED) is 0.209. The molecule has 3 aliphatic heterocycles. The lowest BCUT2D eigenvalue weighted by Crippen LogP contribution is -2.38. The summed E-state index contributed by atoms with van der Waals surface area (Å²) in [6.07, 6.45) is 6.08. The van der Waals surface area contributed by atoms with Crippen molar-refractivity contribution in [3.05, 3.63) is 57.1 Å². The average Bonchev–Trinajstić information content (AvgIpc) is 3.61. The molecule has 0 radical (unpaired) electrons. The van der Waals surface area contributed by atoms with Crippen molar-refractivity contribution >= 4 is 28.8 Å². The van der Waals surface area contributed by atoms with E-state index < -0.39 is 17.8 Å². The van der Waals surface area contributed by atoms with E-state index in [9.17, 15) is 23.6 Å². The molecule has 0 N–H and O–H groups in total. The van der Waals surface area contributed by atoms with Crippen LogP contribution < -0.4 is 5.56 Å². The lowest BCUT2D eigenvalue weighted by Gasteiger charge is -2.31. The first-order chi connectivity index (χ1) is 22.3. The van der Waals surface area contributed by atoms with Crippen LogP contribution >= 0.6 is 0 Å². The van der Waals surface area contributed by atoms with E-state index in [1.54, 1.807) is 10.6 Å². The number of amides is 2. The van der Waals surface area contributed by atoms with Crippen LogP contribution in [0.4, 0.5) is 4.39 Å². The molecule has 0 saturated carbocycles. The fraction of sp³-hybridized carbons (Fsp3) is 0.576. The van der Waals surface area contributed by atoms with Crippen LogP contribution in [-0.4, -0.2) is 68.7 Å². The molecule has 5 heterocycles. The molecule has 6 rings (SSSR count). The molecule has 0 aliphatic carbocycles. The van der Waals surface area contributed by atoms with Gasteiger partial charge in [0.05, 0.1) is 5.69 Å². The van der Waals surface area contributed by atoms with Gasteiger partial charge >= 0.3 is 5.97 Å². The zero-order valence-corrected chi connectivity index (χ0v) is 26.2. The predicted molar refractivity (Wildman–Crippen MR) is 163 cm³/mol. The molecule has 13 heteroatoms. The molecule has 3 aliphatic rings. The summed E-state index contributed by atoms with van der Waals surface area (Å²) in [4.78, 5) is 60.8. The first kappa shape index (κ1) is 32.0. The van der Waals surface area contributed by atoms with Gasteiger partial charge in [0.15, 0.2) is 5.58 Å². The van der Waals surface area contributed by atoms with E-state index in [1.165, 1.54) is 12.1 Å². The Labute approximate surface area is 265 Å². The highest BCUT2D eigenvalue weighted by atomic mass is 19.1. The van der Waals surface area contributed by atoms with Crippen molar-refractivity contribution in [2.45, 2.75) is 96.1 Å². The molecule has 0 bridgehead atoms. The van der Waals surface area contributed by atoms with Gasteiger partial charge in [-0.05, 0) is 77.1 Å². The van der Waals surface area contributed by atoms with E-state index in [1.807, 2.05) is 6.92 Å². The molecule has 2 amide bonds. The van der Waals surface area contributed by atoms with Crippen molar-refractivity contribution in [1.82, 2.24) is 24.7 Å². The second-order valence-corrected chi connectivity index (χ2v) is 12.4. The number of aryl methyl sites for hydroxylation is 1. The summed E-state index contributed by atoms with van der Waals surface area (Å²) in [5, 5.41) is 5.70. The van der Waals surface area contributed by atoms with Gasteiger partial charge < -0.3 is 19.0 Å². The third kappa shape index (κ3) is 7.05. The normalized spacial score (nSPS) is 19.3. The number of hydroxylamine groups is 2. The Hall–Kier alpha value is -3.97. The maximum Gasteiger partial charge on any atom is 0.333 e. The number of hydrogen-bond acceptors (Lipinski definition) is 10. The first-order valence-corrected chi connectivity index (χ1v) is 16.3. The summed E-state index contributed by atoms with van der Waals surface area (Å²) in [6, 6.07) is 4.56. The van der Waals surface area contributed by atoms with Crippen molar-refractivity contribution in [2.24, 2.45) is 0 Å². The van der Waals surface area contributed by atoms with Gasteiger partial charge in [-0.2, -0.15) is 0 Å². The van der Waals surface area contributed by atoms with Crippen molar-refractivity contribution in [2.75, 3.05) is 26.2 Å². The minimum absolute atomic E-state index is 0.0143. The Morgan fingerprint density at radius 1 is 1.04 bits per heavy atom. The monoisotopic (exact) mass is 637 g/mol. The highest BCUT2D eigenvalue weighted by Gasteiger charge is 2.33. The maximum absolute atomic E-state index is 13.6. The SMILES string of the molecule is Cc1nc2n(c(=O)c1CCN1CCC(c3noc4cc(F)ccc34)CC1)CCCC2OCCCCCC(=O)ON1C(=O)CCC1=O. The van der Waals surface area contributed by atoms with Crippen LogP contribution in [0.3, 0.4) is 0 Å². The molecule has 1 aromatic carbocycles. The van der Waals surface area contributed by atoms with E-state index in [2.05, 4.69) is 10.1 Å². The number of nitrogens with zero attached hydrogens (tertiary/aromatic N) is 5. The standard InChI is InChI=1S/C33H40FN5O7/c1-21-24(14-18-37-16-12-22(13-17-37)31-25-9-8-23(34)20-27(25)45-36-31)33(43)38-15-5-6-26(32(38)35-21)44-19-4-2-3-7-30(42)46-39-28(40)10-11-29(39)41/h8-9,20,22,26H,2-7,10-19H2,1H3. The van der Waals surface area contributed by atoms with E-state index in [4.69, 9.17) is 19.1 Å². The number of carbonyl (C=O) groups excluding carboxylic acids is 3. The van der Waals surface area contributed by atoms with Gasteiger partial charge in [0.25, 0.3) is 17.4 Å². The predicted octanol–water partition coefficient (Wildman–Crippen LogP) is 4.27. The summed E-state index contributed by atoms with van der Waals surface area (Å²) in [6.45, 7) is 5.53. The van der Waals surface area contributed by atoms with Gasteiger partial charge in [-0.3, -0.25) is 19.0 Å². The fourth-order valence-electron chi connectivity index (χ4n) is 6.70. The number of hydrogen-bond donors (Lipinski definition) is 0. The van der Waals surface area contributed by atoms with Gasteiger partial charge in [0.1, 0.15) is 17.7 Å². The molecule has 46 heavy (non-hydrogen) atoms. The van der Waals surface area contributed by atoms with Crippen LogP contribution in [0.2, 0.25) is 0 Å². The Kier molecular flexibility index (Phi) is 9.88. The van der Waals surface area contributed by atoms with Gasteiger partial charge in [-0.15, -0.1) is 5.06 Å². The van der Waals surface area contributed by atoms with E-state index in [-0.39, 0.29) is 42.7 Å². The summed E-state index contributed by atoms with van der Waals surface area (Å²) >= 11 is 0. The number of imide groups is 1. The molecule has 2 saturated heterocycles. The molecule has 246 valence electrons. The molecule has 2 aromatic heterocycles. The number of likely N-dealkylation sites (tertiary alicyclic amines) is 1. The minimum atomic E-state index is -0.593. The van der Waals surface area contributed by atoms with Crippen LogP contribution in [-0.2, 0) is 36.9 Å². The molecular weight excluding hydrogens is 597 g/mol. The smallest absolute Gasteiger partial charge is 0.333 e. The number of rotatable bonds is 12. The number of carbonyl (C=O) groups is 3. The number of piperidine rings is 1. The Balaban J connectivity index is 0.955. The van der Waals surface area contributed by atoms with E-state index in [0.29, 0.717) is 48.9 Å². The lowest BCUT2D eigenvalue weighted by molar-refractivity contribution is -0.197. The second kappa shape index (κ2) is 14.2. The Morgan fingerprint density at radius 3 is 2.61 bits per heavy atom. The number of aromatic nitrogens is 3. The maximum atomic E-state index is 13.6. The van der Waals surface area contributed by atoms with Crippen LogP contribution in [0, 0.1) is 12.7 Å². The Bertz CT molecular complexity index is 1650. The van der Waals surface area contributed by atoms with Crippen molar-refractivity contribution in [1.29, 1.82) is 0 Å². The van der Waals surface area contributed by atoms with Crippen molar-refractivity contribution in [3.8, 4) is 0 Å². The third-order valence-electron chi connectivity index (χ3n) is 9.29. The molecule has 2 fully saturated rings. The molecule has 12 nitrogen and oxygen atoms in total. The summed E-state index contributed by atoms with van der Waals surface area (Å²) in [7, 11) is 0. The molecule has 3 aromatic rings. The first-order valence-electron chi connectivity index (χ1n) is 16.3. The van der Waals surface area contributed by atoms with Crippen molar-refractivity contribution in [3.63, 3.8) is 0 Å². The van der Waals surface area contributed by atoms with Gasteiger partial charge in [0.2, 0.25) is 0 Å². The molecule has 0 spiro atoms. The number of benzene rings is 1.